The number of carbonyl (C=O) groups is 5. The molecule has 4 fully saturated rings. The Bertz CT molecular complexity index is 1380. The maximum Gasteiger partial charge on any atom is 0.315 e. The topological polar surface area (TPSA) is 185 Å². The second kappa shape index (κ2) is 14.5. The summed E-state index contributed by atoms with van der Waals surface area (Å²) in [6.45, 7) is 12.9. The van der Waals surface area contributed by atoms with E-state index in [0.717, 1.165) is 51.4 Å². The minimum Gasteiger partial charge on any atom is -0.363 e. The zero-order valence-electron chi connectivity index (χ0n) is 30.8. The summed E-state index contributed by atoms with van der Waals surface area (Å²) in [6, 6.07) is -3.59. The van der Waals surface area contributed by atoms with Gasteiger partial charge in [0.15, 0.2) is 9.84 Å². The van der Waals surface area contributed by atoms with Crippen molar-refractivity contribution >= 4 is 39.4 Å². The molecule has 0 aromatic rings. The number of piperidine rings is 1. The minimum absolute atomic E-state index is 0.0974. The van der Waals surface area contributed by atoms with E-state index in [0.29, 0.717) is 38.6 Å². The van der Waals surface area contributed by atoms with Gasteiger partial charge >= 0.3 is 6.03 Å². The predicted octanol–water partition coefficient (Wildman–Crippen LogP) is 3.75. The van der Waals surface area contributed by atoms with Crippen LogP contribution in [0.1, 0.15) is 132 Å². The molecule has 0 aromatic carbocycles. The van der Waals surface area contributed by atoms with Gasteiger partial charge in [0.1, 0.15) is 18.1 Å². The first-order valence-corrected chi connectivity index (χ1v) is 20.0. The Morgan fingerprint density at radius 3 is 1.92 bits per heavy atom. The van der Waals surface area contributed by atoms with E-state index in [9.17, 15) is 32.4 Å². The summed E-state index contributed by atoms with van der Waals surface area (Å²) in [6.07, 6.45) is 10.2. The molecule has 4 rings (SSSR count). The molecular formula is C36H61N5O7S. The Hall–Kier alpha value is -2.70. The van der Waals surface area contributed by atoms with Crippen molar-refractivity contribution in [1.29, 1.82) is 0 Å². The molecule has 1 saturated heterocycles. The number of urea groups is 1. The molecule has 4 atom stereocenters. The van der Waals surface area contributed by atoms with Crippen molar-refractivity contribution in [2.24, 2.45) is 28.4 Å². The highest BCUT2D eigenvalue weighted by Crippen LogP contribution is 2.51. The van der Waals surface area contributed by atoms with Crippen LogP contribution in [0, 0.1) is 22.7 Å². The number of amides is 5. The predicted molar refractivity (Wildman–Crippen MR) is 188 cm³/mol. The minimum atomic E-state index is -3.57. The van der Waals surface area contributed by atoms with Gasteiger partial charge in [-0.1, -0.05) is 66.2 Å². The van der Waals surface area contributed by atoms with Gasteiger partial charge in [0, 0.05) is 6.54 Å². The number of nitrogens with two attached hydrogens (primary N) is 1. The van der Waals surface area contributed by atoms with Crippen LogP contribution in [-0.2, 0) is 29.0 Å². The molecule has 13 heteroatoms. The molecule has 5 N–H and O–H groups in total. The van der Waals surface area contributed by atoms with Crippen molar-refractivity contribution in [3.8, 4) is 0 Å². The number of hydrogen-bond acceptors (Lipinski definition) is 7. The van der Waals surface area contributed by atoms with Crippen LogP contribution in [0.15, 0.2) is 0 Å². The Labute approximate surface area is 293 Å². The van der Waals surface area contributed by atoms with Crippen LogP contribution in [0.5, 0.6) is 0 Å². The lowest BCUT2D eigenvalue weighted by Gasteiger charge is -2.50. The van der Waals surface area contributed by atoms with Crippen molar-refractivity contribution in [3.63, 3.8) is 0 Å². The van der Waals surface area contributed by atoms with E-state index in [4.69, 9.17) is 5.73 Å². The number of likely N-dealkylation sites (tertiary alicyclic amines) is 1. The zero-order valence-corrected chi connectivity index (χ0v) is 31.6. The molecule has 278 valence electrons. The summed E-state index contributed by atoms with van der Waals surface area (Å²) in [7, 11) is -3.57. The van der Waals surface area contributed by atoms with Crippen LogP contribution in [-0.4, -0.2) is 83.6 Å². The van der Waals surface area contributed by atoms with Crippen LogP contribution in [0.25, 0.3) is 0 Å². The van der Waals surface area contributed by atoms with Crippen molar-refractivity contribution in [1.82, 2.24) is 20.9 Å². The van der Waals surface area contributed by atoms with Gasteiger partial charge in [-0.25, -0.2) is 13.2 Å². The van der Waals surface area contributed by atoms with Crippen molar-refractivity contribution in [3.05, 3.63) is 0 Å². The summed E-state index contributed by atoms with van der Waals surface area (Å²) in [5.74, 6) is -3.09. The smallest absolute Gasteiger partial charge is 0.315 e. The van der Waals surface area contributed by atoms with E-state index in [1.807, 2.05) is 20.8 Å². The van der Waals surface area contributed by atoms with Crippen LogP contribution >= 0.6 is 0 Å². The van der Waals surface area contributed by atoms with Gasteiger partial charge in [-0.3, -0.25) is 19.2 Å². The second-order valence-corrected chi connectivity index (χ2v) is 20.4. The van der Waals surface area contributed by atoms with E-state index in [2.05, 4.69) is 22.9 Å². The second-order valence-electron chi connectivity index (χ2n) is 17.7. The highest BCUT2D eigenvalue weighted by atomic mass is 32.2. The number of nitrogens with zero attached hydrogens (tertiary/aromatic N) is 1. The number of ketones is 1. The monoisotopic (exact) mass is 707 g/mol. The van der Waals surface area contributed by atoms with Crippen molar-refractivity contribution in [2.75, 3.05) is 12.3 Å². The van der Waals surface area contributed by atoms with E-state index in [-0.39, 0.29) is 23.0 Å². The summed E-state index contributed by atoms with van der Waals surface area (Å²) in [5, 5.41) is 8.78. The average molecular weight is 708 g/mol. The lowest BCUT2D eigenvalue weighted by molar-refractivity contribution is -0.152. The SMILES string of the molecule is CC1CN(C(=O)[C@@H](NC(=O)NC2(CS(=O)(=O)C(C)(C)C)CCCCC2)C(C)(C)C)[C@H](C(=O)NC(C(=O)C(N)=O)C2CCC2)CC12CCCC2. The molecular weight excluding hydrogens is 646 g/mol. The number of Topliss-reactive ketones (excluding diaryl/α,β-unsaturated/α-hetero) is 1. The number of hydrogen-bond donors (Lipinski definition) is 4. The highest BCUT2D eigenvalue weighted by molar-refractivity contribution is 7.92. The van der Waals surface area contributed by atoms with E-state index in [1.54, 1.807) is 25.7 Å². The Kier molecular flexibility index (Phi) is 11.6. The van der Waals surface area contributed by atoms with E-state index in [1.165, 1.54) is 0 Å². The summed E-state index contributed by atoms with van der Waals surface area (Å²) >= 11 is 0. The van der Waals surface area contributed by atoms with E-state index >= 15 is 0 Å². The maximum absolute atomic E-state index is 14.7. The first-order valence-electron chi connectivity index (χ1n) is 18.4. The van der Waals surface area contributed by atoms with Gasteiger partial charge < -0.3 is 26.6 Å². The van der Waals surface area contributed by atoms with Crippen molar-refractivity contribution in [2.45, 2.75) is 160 Å². The molecule has 49 heavy (non-hydrogen) atoms. The van der Waals surface area contributed by atoms with Crippen LogP contribution in [0.2, 0.25) is 0 Å². The lowest BCUT2D eigenvalue weighted by atomic mass is 9.67. The quantitative estimate of drug-likeness (QED) is 0.249. The van der Waals surface area contributed by atoms with Gasteiger partial charge in [0.2, 0.25) is 17.6 Å². The largest absolute Gasteiger partial charge is 0.363 e. The first kappa shape index (κ1) is 39.1. The molecule has 0 radical (unpaired) electrons. The fraction of sp³-hybridized carbons (Fsp3) is 0.861. The number of sulfone groups is 1. The number of nitrogens with one attached hydrogen (secondary N) is 3. The van der Waals surface area contributed by atoms with Crippen LogP contribution in [0.4, 0.5) is 4.79 Å². The van der Waals surface area contributed by atoms with Crippen LogP contribution in [0.3, 0.4) is 0 Å². The molecule has 12 nitrogen and oxygen atoms in total. The van der Waals surface area contributed by atoms with Gasteiger partial charge in [-0.05, 0) is 88.4 Å². The Morgan fingerprint density at radius 1 is 0.857 bits per heavy atom. The third-order valence-corrected chi connectivity index (χ3v) is 14.9. The lowest BCUT2D eigenvalue weighted by Crippen LogP contribution is -2.67. The van der Waals surface area contributed by atoms with Gasteiger partial charge in [-0.2, -0.15) is 0 Å². The molecule has 3 aliphatic carbocycles. The Balaban J connectivity index is 1.61. The molecule has 2 unspecified atom stereocenters. The third-order valence-electron chi connectivity index (χ3n) is 12.1. The Morgan fingerprint density at radius 2 is 1.43 bits per heavy atom. The first-order chi connectivity index (χ1) is 22.6. The molecule has 1 spiro atoms. The van der Waals surface area contributed by atoms with Gasteiger partial charge in [-0.15, -0.1) is 0 Å². The zero-order chi connectivity index (χ0) is 36.6. The molecule has 5 amide bonds. The maximum atomic E-state index is 14.7. The molecule has 0 aromatic heterocycles. The number of primary amides is 1. The van der Waals surface area contributed by atoms with Crippen molar-refractivity contribution < 1.29 is 32.4 Å². The summed E-state index contributed by atoms with van der Waals surface area (Å²) in [4.78, 5) is 69.0. The standard InChI is InChI=1S/C36H61N5O7S/c1-23-21-41(25(20-35(23)16-11-12-17-35)30(44)38-26(24-14-13-15-24)27(42)29(37)43)31(45)28(33(2,3)4)39-32(46)40-36(18-9-8-10-19-36)22-49(47,48)34(5,6)7/h23-26,28H,8-22H2,1-7H3,(H2,37,43)(H,38,44)(H2,39,40,46)/t23?,25-,26?,28+/m0/s1. The molecule has 3 saturated carbocycles. The number of rotatable bonds is 10. The van der Waals surface area contributed by atoms with Gasteiger partial charge in [0.25, 0.3) is 5.91 Å². The number of carbonyl (C=O) groups excluding carboxylic acids is 5. The highest BCUT2D eigenvalue weighted by Gasteiger charge is 2.52. The summed E-state index contributed by atoms with van der Waals surface area (Å²) < 4.78 is 25.7. The third kappa shape index (κ3) is 8.61. The molecule has 0 bridgehead atoms. The molecule has 1 heterocycles. The fourth-order valence-electron chi connectivity index (χ4n) is 8.48. The fourth-order valence-corrected chi connectivity index (χ4v) is 10.00. The normalized spacial score (nSPS) is 25.5. The molecule has 1 aliphatic heterocycles. The van der Waals surface area contributed by atoms with E-state index < -0.39 is 73.2 Å². The van der Waals surface area contributed by atoms with Crippen LogP contribution < -0.4 is 21.7 Å². The molecule has 4 aliphatic rings. The average Bonchev–Trinajstić information content (AvgIpc) is 3.43. The summed E-state index contributed by atoms with van der Waals surface area (Å²) in [5.41, 5.74) is 3.52. The van der Waals surface area contributed by atoms with Gasteiger partial charge in [0.05, 0.1) is 16.0 Å².